The van der Waals surface area contributed by atoms with Gasteiger partial charge in [-0.25, -0.2) is 0 Å². The van der Waals surface area contributed by atoms with E-state index < -0.39 is 34.5 Å². The van der Waals surface area contributed by atoms with Crippen molar-refractivity contribution in [3.05, 3.63) is 177 Å². The number of carbonyl (C=O) groups is 4. The zero-order valence-electron chi connectivity index (χ0n) is 29.3. The highest BCUT2D eigenvalue weighted by molar-refractivity contribution is 6.09. The third-order valence-corrected chi connectivity index (χ3v) is 13.5. The van der Waals surface area contributed by atoms with Gasteiger partial charge in [0.2, 0.25) is 23.6 Å². The summed E-state index contributed by atoms with van der Waals surface area (Å²) in [6, 6.07) is 40.8. The molecular weight excluding hydrogens is 677 g/mol. The van der Waals surface area contributed by atoms with Crippen molar-refractivity contribution < 1.29 is 28.7 Å². The van der Waals surface area contributed by atoms with Crippen LogP contribution in [-0.4, -0.2) is 36.8 Å². The van der Waals surface area contributed by atoms with Crippen LogP contribution in [0.4, 0.5) is 0 Å². The van der Waals surface area contributed by atoms with Crippen LogP contribution in [0.3, 0.4) is 0 Å². The third kappa shape index (κ3) is 3.99. The molecular formula is C46H36N2O6. The number of rotatable bonds is 8. The lowest BCUT2D eigenvalue weighted by atomic mass is 9.47. The van der Waals surface area contributed by atoms with Gasteiger partial charge in [-0.3, -0.25) is 29.8 Å². The van der Waals surface area contributed by atoms with Crippen LogP contribution in [-0.2, 0) is 52.7 Å². The van der Waals surface area contributed by atoms with Gasteiger partial charge in [0.25, 0.3) is 0 Å². The largest absolute Gasteiger partial charge is 0.375 e. The molecule has 2 N–H and O–H groups in total. The highest BCUT2D eigenvalue weighted by Gasteiger charge is 2.67. The summed E-state index contributed by atoms with van der Waals surface area (Å²) in [6.45, 7) is 1.08. The van der Waals surface area contributed by atoms with Gasteiger partial charge in [0, 0.05) is 11.8 Å². The van der Waals surface area contributed by atoms with Crippen molar-refractivity contribution in [1.29, 1.82) is 0 Å². The quantitative estimate of drug-likeness (QED) is 0.209. The third-order valence-electron chi connectivity index (χ3n) is 13.5. The molecule has 4 bridgehead atoms. The molecule has 2 fully saturated rings. The van der Waals surface area contributed by atoms with E-state index in [1.807, 2.05) is 66.7 Å². The number of imide groups is 2. The first-order valence-electron chi connectivity index (χ1n) is 18.7. The van der Waals surface area contributed by atoms with Crippen molar-refractivity contribution >= 4 is 23.6 Å². The molecule has 5 aromatic rings. The summed E-state index contributed by atoms with van der Waals surface area (Å²) in [7, 11) is 0. The summed E-state index contributed by atoms with van der Waals surface area (Å²) >= 11 is 0. The van der Waals surface area contributed by atoms with Crippen molar-refractivity contribution in [2.45, 2.75) is 35.9 Å². The Bertz CT molecular complexity index is 2210. The van der Waals surface area contributed by atoms with Crippen molar-refractivity contribution in [2.24, 2.45) is 23.7 Å². The highest BCUT2D eigenvalue weighted by Crippen LogP contribution is 2.64. The maximum Gasteiger partial charge on any atom is 0.231 e. The monoisotopic (exact) mass is 712 g/mol. The minimum absolute atomic E-state index is 0.174. The Balaban J connectivity index is 0.874. The molecule has 13 rings (SSSR count). The first-order chi connectivity index (χ1) is 26.4. The molecule has 0 spiro atoms. The van der Waals surface area contributed by atoms with Crippen molar-refractivity contribution in [3.63, 3.8) is 0 Å². The molecule has 2 heterocycles. The molecule has 266 valence electrons. The van der Waals surface area contributed by atoms with Crippen LogP contribution in [0.1, 0.15) is 67.5 Å². The second-order valence-corrected chi connectivity index (χ2v) is 15.8. The van der Waals surface area contributed by atoms with E-state index in [-0.39, 0.29) is 48.7 Å². The average Bonchev–Trinajstić information content (AvgIpc) is 3.69. The fraction of sp³-hybridized carbons (Fsp3) is 0.261. The van der Waals surface area contributed by atoms with Crippen LogP contribution >= 0.6 is 0 Å². The van der Waals surface area contributed by atoms with Gasteiger partial charge in [-0.2, -0.15) is 0 Å². The molecule has 6 aliphatic carbocycles. The first kappa shape index (κ1) is 31.8. The summed E-state index contributed by atoms with van der Waals surface area (Å²) in [5, 5.41) is 5.33. The number of nitrogens with one attached hydrogen (secondary N) is 2. The Labute approximate surface area is 311 Å². The minimum atomic E-state index is -0.805. The van der Waals surface area contributed by atoms with Crippen LogP contribution in [0.25, 0.3) is 0 Å². The van der Waals surface area contributed by atoms with E-state index in [4.69, 9.17) is 9.47 Å². The number of hydrogen-bond acceptors (Lipinski definition) is 6. The van der Waals surface area contributed by atoms with Gasteiger partial charge in [0.05, 0.1) is 60.9 Å². The maximum absolute atomic E-state index is 13.6. The molecule has 0 radical (unpaired) electrons. The van der Waals surface area contributed by atoms with Gasteiger partial charge in [-0.15, -0.1) is 0 Å². The number of ether oxygens (including phenoxy) is 2. The molecule has 4 amide bonds. The van der Waals surface area contributed by atoms with E-state index in [0.717, 1.165) is 55.6 Å². The summed E-state index contributed by atoms with van der Waals surface area (Å²) in [5.41, 5.74) is 8.88. The van der Waals surface area contributed by atoms with Crippen LogP contribution < -0.4 is 10.6 Å². The lowest BCUT2D eigenvalue weighted by Crippen LogP contribution is -2.55. The Morgan fingerprint density at radius 1 is 0.444 bits per heavy atom. The predicted octanol–water partition coefficient (Wildman–Crippen LogP) is 5.39. The van der Waals surface area contributed by atoms with E-state index in [1.165, 1.54) is 0 Å². The van der Waals surface area contributed by atoms with E-state index in [2.05, 4.69) is 65.2 Å². The summed E-state index contributed by atoms with van der Waals surface area (Å²) in [6.07, 6.45) is 0. The average molecular weight is 713 g/mol. The molecule has 54 heavy (non-hydrogen) atoms. The second-order valence-electron chi connectivity index (χ2n) is 15.8. The van der Waals surface area contributed by atoms with Crippen LogP contribution in [0, 0.1) is 23.7 Å². The highest BCUT2D eigenvalue weighted by atomic mass is 16.5. The van der Waals surface area contributed by atoms with Crippen LogP contribution in [0.5, 0.6) is 0 Å². The number of amides is 4. The standard InChI is InChI=1S/C46H36N2O6/c49-41-37-35-27-12-1-5-16-31(27)45(39(37)43(51)47-41,32-17-6-2-13-28(32)35)23-53-21-25-10-9-11-26(20-25)22-54-24-46-33-18-7-3-14-29(33)36(30-15-4-8-19-34(30)46)38-40(46)44(52)48-42(38)50/h1-20,35-40H,21-24H2,(H,47,49,51)(H,48,50,52). The molecule has 2 aliphatic heterocycles. The zero-order chi connectivity index (χ0) is 36.3. The van der Waals surface area contributed by atoms with Gasteiger partial charge in [0.15, 0.2) is 0 Å². The van der Waals surface area contributed by atoms with Crippen LogP contribution in [0.15, 0.2) is 121 Å². The SMILES string of the molecule is O=C1NC(=O)C2C1C1c3ccccc3C2(COCc2cccc(COCC34c5ccccc5C(c5ccccc53)C3C(=O)NC(=O)C34)c2)c2ccccc21. The van der Waals surface area contributed by atoms with E-state index in [1.54, 1.807) is 0 Å². The smallest absolute Gasteiger partial charge is 0.231 e. The van der Waals surface area contributed by atoms with Crippen molar-refractivity contribution in [2.75, 3.05) is 13.2 Å². The number of benzene rings is 5. The first-order valence-corrected chi connectivity index (χ1v) is 18.7. The van der Waals surface area contributed by atoms with E-state index >= 15 is 0 Å². The van der Waals surface area contributed by atoms with Gasteiger partial charge in [0.1, 0.15) is 0 Å². The molecule has 8 heteroatoms. The van der Waals surface area contributed by atoms with Crippen molar-refractivity contribution in [3.8, 4) is 0 Å². The fourth-order valence-corrected chi connectivity index (χ4v) is 11.7. The molecule has 0 aromatic heterocycles. The van der Waals surface area contributed by atoms with Crippen LogP contribution in [0.2, 0.25) is 0 Å². The molecule has 4 unspecified atom stereocenters. The Morgan fingerprint density at radius 2 is 0.796 bits per heavy atom. The molecule has 8 aliphatic rings. The topological polar surface area (TPSA) is 111 Å². The van der Waals surface area contributed by atoms with Gasteiger partial charge in [-0.05, 0) is 55.6 Å². The molecule has 8 nitrogen and oxygen atoms in total. The van der Waals surface area contributed by atoms with Crippen molar-refractivity contribution in [1.82, 2.24) is 10.6 Å². The van der Waals surface area contributed by atoms with E-state index in [9.17, 15) is 19.2 Å². The Kier molecular flexibility index (Phi) is 6.71. The lowest BCUT2D eigenvalue weighted by molar-refractivity contribution is -0.128. The molecule has 4 atom stereocenters. The molecule has 5 aromatic carbocycles. The maximum atomic E-state index is 13.6. The summed E-state index contributed by atoms with van der Waals surface area (Å²) in [4.78, 5) is 53.8. The zero-order valence-corrected chi connectivity index (χ0v) is 29.3. The Morgan fingerprint density at radius 3 is 1.17 bits per heavy atom. The molecule has 2 saturated heterocycles. The number of carbonyl (C=O) groups excluding carboxylic acids is 4. The predicted molar refractivity (Wildman–Crippen MR) is 197 cm³/mol. The summed E-state index contributed by atoms with van der Waals surface area (Å²) in [5.74, 6) is -3.30. The fourth-order valence-electron chi connectivity index (χ4n) is 11.7. The normalized spacial score (nSPS) is 30.1. The minimum Gasteiger partial charge on any atom is -0.375 e. The van der Waals surface area contributed by atoms with E-state index in [0.29, 0.717) is 13.2 Å². The Hall–Kier alpha value is -5.70. The lowest BCUT2D eigenvalue weighted by Gasteiger charge is -2.54. The molecule has 0 saturated carbocycles. The summed E-state index contributed by atoms with van der Waals surface area (Å²) < 4.78 is 13.2. The van der Waals surface area contributed by atoms with Gasteiger partial charge < -0.3 is 9.47 Å². The number of hydrogen-bond donors (Lipinski definition) is 2. The second kappa shape index (κ2) is 11.4. The van der Waals surface area contributed by atoms with Gasteiger partial charge >= 0.3 is 0 Å². The van der Waals surface area contributed by atoms with Gasteiger partial charge in [-0.1, -0.05) is 121 Å².